The average Bonchev–Trinajstić information content (AvgIpc) is 3.18. The molecule has 4 aromatic rings. The van der Waals surface area contributed by atoms with Gasteiger partial charge in [-0.25, -0.2) is 9.79 Å². The van der Waals surface area contributed by atoms with Gasteiger partial charge in [-0.05, 0) is 59.2 Å². The molecule has 0 radical (unpaired) electrons. The van der Waals surface area contributed by atoms with Crippen molar-refractivity contribution >= 4 is 28.7 Å². The molecule has 0 unspecified atom stereocenters. The first-order valence-corrected chi connectivity index (χ1v) is 10.4. The Labute approximate surface area is 186 Å². The molecule has 0 fully saturated rings. The maximum atomic E-state index is 12.3. The molecule has 1 aliphatic heterocycles. The van der Waals surface area contributed by atoms with Gasteiger partial charge in [-0.1, -0.05) is 72.3 Å². The first-order valence-electron chi connectivity index (χ1n) is 10.4. The molecule has 4 heteroatoms. The number of carbonyl (C=O) groups excluding carboxylic acids is 1. The SMILES string of the molecule is Cc1ccc(C2=N/C(=C/c3cccc(OCc4cccc5ccccc45)c3)C(=O)O2)cc1. The summed E-state index contributed by atoms with van der Waals surface area (Å²) in [5.41, 5.74) is 4.13. The number of ether oxygens (including phenoxy) is 2. The van der Waals surface area contributed by atoms with Gasteiger partial charge in [0.05, 0.1) is 0 Å². The van der Waals surface area contributed by atoms with Gasteiger partial charge in [-0.3, -0.25) is 0 Å². The Hall–Kier alpha value is -4.18. The van der Waals surface area contributed by atoms with Gasteiger partial charge in [-0.15, -0.1) is 0 Å². The number of hydrogen-bond acceptors (Lipinski definition) is 4. The first kappa shape index (κ1) is 19.8. The minimum atomic E-state index is -0.456. The molecule has 0 amide bonds. The van der Waals surface area contributed by atoms with Gasteiger partial charge < -0.3 is 9.47 Å². The number of hydrogen-bond donors (Lipinski definition) is 0. The van der Waals surface area contributed by atoms with Crippen LogP contribution in [0.4, 0.5) is 0 Å². The van der Waals surface area contributed by atoms with Crippen LogP contribution in [0.3, 0.4) is 0 Å². The molecule has 0 bridgehead atoms. The molecule has 156 valence electrons. The highest BCUT2D eigenvalue weighted by atomic mass is 16.6. The van der Waals surface area contributed by atoms with Crippen molar-refractivity contribution in [2.24, 2.45) is 4.99 Å². The summed E-state index contributed by atoms with van der Waals surface area (Å²) in [5.74, 6) is 0.591. The van der Waals surface area contributed by atoms with Crippen LogP contribution in [-0.4, -0.2) is 11.9 Å². The lowest BCUT2D eigenvalue weighted by molar-refractivity contribution is -0.129. The molecule has 4 nitrogen and oxygen atoms in total. The number of rotatable bonds is 5. The molecule has 1 aliphatic rings. The smallest absolute Gasteiger partial charge is 0.363 e. The number of cyclic esters (lactones) is 1. The summed E-state index contributed by atoms with van der Waals surface area (Å²) in [5, 5.41) is 2.37. The monoisotopic (exact) mass is 419 g/mol. The van der Waals surface area contributed by atoms with Gasteiger partial charge in [0.1, 0.15) is 12.4 Å². The number of aryl methyl sites for hydroxylation is 1. The van der Waals surface area contributed by atoms with Crippen LogP contribution in [0.1, 0.15) is 22.3 Å². The van der Waals surface area contributed by atoms with Crippen LogP contribution in [0.15, 0.2) is 102 Å². The highest BCUT2D eigenvalue weighted by Crippen LogP contribution is 2.24. The van der Waals surface area contributed by atoms with E-state index in [1.54, 1.807) is 6.08 Å². The standard InChI is InChI=1S/C28H21NO3/c1-19-12-14-22(15-13-19)27-29-26(28(30)32-27)17-20-6-4-10-24(16-20)31-18-23-9-5-8-21-7-2-3-11-25(21)23/h2-17H,18H2,1H3/b26-17+. The summed E-state index contributed by atoms with van der Waals surface area (Å²) in [6.45, 7) is 2.46. The Bertz CT molecular complexity index is 1360. The molecular formula is C28H21NO3. The lowest BCUT2D eigenvalue weighted by atomic mass is 10.1. The van der Waals surface area contributed by atoms with Crippen LogP contribution in [0, 0.1) is 6.92 Å². The van der Waals surface area contributed by atoms with Crippen molar-refractivity contribution in [2.45, 2.75) is 13.5 Å². The van der Waals surface area contributed by atoms with Gasteiger partial charge in [0, 0.05) is 5.56 Å². The number of esters is 1. The first-order chi connectivity index (χ1) is 15.7. The fourth-order valence-electron chi connectivity index (χ4n) is 3.66. The van der Waals surface area contributed by atoms with E-state index >= 15 is 0 Å². The second-order valence-corrected chi connectivity index (χ2v) is 7.70. The fraction of sp³-hybridized carbons (Fsp3) is 0.0714. The van der Waals surface area contributed by atoms with Gasteiger partial charge in [0.2, 0.25) is 5.90 Å². The molecule has 0 saturated heterocycles. The summed E-state index contributed by atoms with van der Waals surface area (Å²) in [6, 6.07) is 29.8. The predicted molar refractivity (Wildman–Crippen MR) is 127 cm³/mol. The Morgan fingerprint density at radius 1 is 0.906 bits per heavy atom. The van der Waals surface area contributed by atoms with Gasteiger partial charge in [0.25, 0.3) is 0 Å². The van der Waals surface area contributed by atoms with Gasteiger partial charge in [-0.2, -0.15) is 0 Å². The number of aliphatic imine (C=N–C) groups is 1. The van der Waals surface area contributed by atoms with E-state index in [0.717, 1.165) is 28.0 Å². The Kier molecular flexibility index (Phi) is 5.26. The van der Waals surface area contributed by atoms with E-state index < -0.39 is 5.97 Å². The van der Waals surface area contributed by atoms with Gasteiger partial charge in [0.15, 0.2) is 5.70 Å². The zero-order valence-electron chi connectivity index (χ0n) is 17.6. The lowest BCUT2D eigenvalue weighted by Crippen LogP contribution is -2.05. The minimum Gasteiger partial charge on any atom is -0.489 e. The molecule has 0 atom stereocenters. The maximum absolute atomic E-state index is 12.3. The van der Waals surface area contributed by atoms with Crippen LogP contribution < -0.4 is 4.74 Å². The third-order valence-corrected chi connectivity index (χ3v) is 5.35. The molecule has 0 spiro atoms. The van der Waals surface area contributed by atoms with Crippen molar-refractivity contribution in [3.8, 4) is 5.75 Å². The summed E-state index contributed by atoms with van der Waals surface area (Å²) >= 11 is 0. The number of fused-ring (bicyclic) bond motifs is 1. The zero-order valence-corrected chi connectivity index (χ0v) is 17.6. The van der Waals surface area contributed by atoms with Crippen LogP contribution in [-0.2, 0) is 16.1 Å². The number of benzene rings is 4. The highest BCUT2D eigenvalue weighted by Gasteiger charge is 2.24. The molecule has 0 saturated carbocycles. The average molecular weight is 419 g/mol. The van der Waals surface area contributed by atoms with E-state index in [1.807, 2.05) is 73.7 Å². The van der Waals surface area contributed by atoms with E-state index in [9.17, 15) is 4.79 Å². The van der Waals surface area contributed by atoms with E-state index in [4.69, 9.17) is 9.47 Å². The van der Waals surface area contributed by atoms with E-state index in [0.29, 0.717) is 12.5 Å². The topological polar surface area (TPSA) is 47.9 Å². The van der Waals surface area contributed by atoms with Crippen molar-refractivity contribution < 1.29 is 14.3 Å². The zero-order chi connectivity index (χ0) is 21.9. The van der Waals surface area contributed by atoms with Crippen LogP contribution in [0.25, 0.3) is 16.8 Å². The summed E-state index contributed by atoms with van der Waals surface area (Å²) in [4.78, 5) is 16.7. The Morgan fingerprint density at radius 3 is 2.56 bits per heavy atom. The van der Waals surface area contributed by atoms with Crippen molar-refractivity contribution in [3.63, 3.8) is 0 Å². The Balaban J connectivity index is 1.35. The minimum absolute atomic E-state index is 0.270. The van der Waals surface area contributed by atoms with E-state index in [1.165, 1.54) is 10.8 Å². The quantitative estimate of drug-likeness (QED) is 0.291. The van der Waals surface area contributed by atoms with Crippen LogP contribution >= 0.6 is 0 Å². The number of nitrogens with zero attached hydrogens (tertiary/aromatic N) is 1. The molecule has 32 heavy (non-hydrogen) atoms. The van der Waals surface area contributed by atoms with Crippen LogP contribution in [0.5, 0.6) is 5.75 Å². The van der Waals surface area contributed by atoms with Crippen molar-refractivity contribution in [2.75, 3.05) is 0 Å². The second kappa shape index (κ2) is 8.52. The maximum Gasteiger partial charge on any atom is 0.363 e. The Morgan fingerprint density at radius 2 is 1.69 bits per heavy atom. The third kappa shape index (κ3) is 4.16. The summed E-state index contributed by atoms with van der Waals surface area (Å²) < 4.78 is 11.4. The van der Waals surface area contributed by atoms with E-state index in [-0.39, 0.29) is 5.70 Å². The molecule has 0 N–H and O–H groups in total. The summed E-state index contributed by atoms with van der Waals surface area (Å²) in [6.07, 6.45) is 1.72. The molecule has 0 aromatic heterocycles. The molecule has 0 aliphatic carbocycles. The van der Waals surface area contributed by atoms with E-state index in [2.05, 4.69) is 29.3 Å². The van der Waals surface area contributed by atoms with Crippen molar-refractivity contribution in [3.05, 3.63) is 119 Å². The lowest BCUT2D eigenvalue weighted by Gasteiger charge is -2.09. The molecule has 4 aromatic carbocycles. The molecular weight excluding hydrogens is 398 g/mol. The normalized spacial score (nSPS) is 14.5. The van der Waals surface area contributed by atoms with Crippen molar-refractivity contribution in [1.82, 2.24) is 0 Å². The second-order valence-electron chi connectivity index (χ2n) is 7.70. The molecule has 5 rings (SSSR count). The third-order valence-electron chi connectivity index (χ3n) is 5.35. The van der Waals surface area contributed by atoms with Crippen LogP contribution in [0.2, 0.25) is 0 Å². The largest absolute Gasteiger partial charge is 0.489 e. The fourth-order valence-corrected chi connectivity index (χ4v) is 3.66. The number of carbonyl (C=O) groups is 1. The predicted octanol–water partition coefficient (Wildman–Crippen LogP) is 6.07. The molecule has 1 heterocycles. The highest BCUT2D eigenvalue weighted by molar-refractivity contribution is 6.12. The van der Waals surface area contributed by atoms with Crippen molar-refractivity contribution in [1.29, 1.82) is 0 Å². The van der Waals surface area contributed by atoms with Gasteiger partial charge >= 0.3 is 5.97 Å². The summed E-state index contributed by atoms with van der Waals surface area (Å²) in [7, 11) is 0.